The van der Waals surface area contributed by atoms with Crippen LogP contribution in [0.5, 0.6) is 0 Å². The topological polar surface area (TPSA) is 29.1 Å². The smallest absolute Gasteiger partial charge is 0.253 e. The molecule has 122 valence electrons. The molecule has 0 saturated heterocycles. The third kappa shape index (κ3) is 3.10. The first-order valence-electron chi connectivity index (χ1n) is 7.40. The fourth-order valence-electron chi connectivity index (χ4n) is 2.68. The van der Waals surface area contributed by atoms with E-state index in [1.54, 1.807) is 0 Å². The van der Waals surface area contributed by atoms with Crippen molar-refractivity contribution in [2.45, 2.75) is 13.0 Å². The summed E-state index contributed by atoms with van der Waals surface area (Å²) in [4.78, 5) is 12.4. The van der Waals surface area contributed by atoms with E-state index in [0.29, 0.717) is 0 Å². The van der Waals surface area contributed by atoms with E-state index >= 15 is 0 Å². The average Bonchev–Trinajstić information content (AvgIpc) is 2.57. The maximum atomic E-state index is 13.4. The zero-order valence-corrected chi connectivity index (χ0v) is 13.6. The van der Waals surface area contributed by atoms with E-state index in [0.717, 1.165) is 28.5 Å². The second-order valence-electron chi connectivity index (χ2n) is 5.51. The van der Waals surface area contributed by atoms with Gasteiger partial charge in [0.1, 0.15) is 0 Å². The number of rotatable bonds is 3. The summed E-state index contributed by atoms with van der Waals surface area (Å²) >= 11 is 5.85. The largest absolute Gasteiger partial charge is 0.345 e. The van der Waals surface area contributed by atoms with E-state index in [1.807, 2.05) is 49.4 Å². The van der Waals surface area contributed by atoms with Crippen molar-refractivity contribution in [3.8, 4) is 0 Å². The lowest BCUT2D eigenvalue weighted by molar-refractivity contribution is 0.0939. The predicted octanol–water partition coefficient (Wildman–Crippen LogP) is 5.26. The normalized spacial score (nSPS) is 12.2. The first-order chi connectivity index (χ1) is 11.5. The highest BCUT2D eigenvalue weighted by Gasteiger charge is 2.18. The molecule has 0 saturated carbocycles. The molecule has 0 aromatic heterocycles. The third-order valence-electron chi connectivity index (χ3n) is 3.89. The highest BCUT2D eigenvalue weighted by molar-refractivity contribution is 6.33. The quantitative estimate of drug-likeness (QED) is 0.644. The molecule has 0 unspecified atom stereocenters. The second-order valence-corrected chi connectivity index (χ2v) is 5.92. The number of carbonyl (C=O) groups excluding carboxylic acids is 1. The van der Waals surface area contributed by atoms with Gasteiger partial charge in [0.25, 0.3) is 5.91 Å². The lowest BCUT2D eigenvalue weighted by Gasteiger charge is -2.17. The molecule has 0 fully saturated rings. The summed E-state index contributed by atoms with van der Waals surface area (Å²) in [6.45, 7) is 1.83. The summed E-state index contributed by atoms with van der Waals surface area (Å²) in [6, 6.07) is 14.9. The zero-order valence-electron chi connectivity index (χ0n) is 12.8. The van der Waals surface area contributed by atoms with Crippen LogP contribution in [0.25, 0.3) is 10.8 Å². The molecule has 3 aromatic carbocycles. The number of fused-ring (bicyclic) bond motifs is 1. The van der Waals surface area contributed by atoms with Crippen LogP contribution in [0.4, 0.5) is 8.78 Å². The molecule has 0 radical (unpaired) electrons. The van der Waals surface area contributed by atoms with E-state index in [2.05, 4.69) is 5.32 Å². The van der Waals surface area contributed by atoms with Crippen LogP contribution in [-0.4, -0.2) is 5.91 Å². The molecule has 5 heteroatoms. The highest BCUT2D eigenvalue weighted by Crippen LogP contribution is 2.25. The van der Waals surface area contributed by atoms with Crippen LogP contribution < -0.4 is 5.32 Å². The van der Waals surface area contributed by atoms with Gasteiger partial charge >= 0.3 is 0 Å². The predicted molar refractivity (Wildman–Crippen MR) is 91.2 cm³/mol. The van der Waals surface area contributed by atoms with Crippen LogP contribution in [-0.2, 0) is 0 Å². The zero-order chi connectivity index (χ0) is 17.3. The lowest BCUT2D eigenvalue weighted by Crippen LogP contribution is -2.27. The Kier molecular flexibility index (Phi) is 4.49. The van der Waals surface area contributed by atoms with Crippen LogP contribution in [0.15, 0.2) is 54.6 Å². The van der Waals surface area contributed by atoms with Crippen LogP contribution >= 0.6 is 11.6 Å². The maximum absolute atomic E-state index is 13.4. The van der Waals surface area contributed by atoms with Crippen molar-refractivity contribution in [3.63, 3.8) is 0 Å². The minimum Gasteiger partial charge on any atom is -0.345 e. The van der Waals surface area contributed by atoms with Gasteiger partial charge < -0.3 is 5.32 Å². The van der Waals surface area contributed by atoms with Crippen LogP contribution in [0.3, 0.4) is 0 Å². The molecule has 0 aliphatic heterocycles. The Balaban J connectivity index is 1.90. The number of benzene rings is 3. The highest BCUT2D eigenvalue weighted by atomic mass is 35.5. The molecule has 0 aliphatic carbocycles. The molecule has 0 spiro atoms. The average molecular weight is 346 g/mol. The van der Waals surface area contributed by atoms with Crippen molar-refractivity contribution >= 4 is 28.3 Å². The molecule has 1 amide bonds. The minimum atomic E-state index is -1.11. The Labute approximate surface area is 143 Å². The Hall–Kier alpha value is -2.46. The SMILES string of the molecule is C[C@H](NC(=O)c1cc(F)c(F)cc1Cl)c1cccc2ccccc12. The molecule has 0 aliphatic rings. The van der Waals surface area contributed by atoms with Crippen LogP contribution in [0.2, 0.25) is 5.02 Å². The van der Waals surface area contributed by atoms with Crippen molar-refractivity contribution < 1.29 is 13.6 Å². The number of carbonyl (C=O) groups is 1. The maximum Gasteiger partial charge on any atom is 0.253 e. The molecular weight excluding hydrogens is 332 g/mol. The first kappa shape index (κ1) is 16.4. The third-order valence-corrected chi connectivity index (χ3v) is 4.20. The van der Waals surface area contributed by atoms with Gasteiger partial charge in [-0.25, -0.2) is 8.78 Å². The van der Waals surface area contributed by atoms with Crippen molar-refractivity contribution in [2.24, 2.45) is 0 Å². The van der Waals surface area contributed by atoms with Gasteiger partial charge in [-0.15, -0.1) is 0 Å². The summed E-state index contributed by atoms with van der Waals surface area (Å²) in [7, 11) is 0. The number of nitrogens with one attached hydrogen (secondary N) is 1. The Morgan fingerprint density at radius 2 is 1.71 bits per heavy atom. The monoisotopic (exact) mass is 345 g/mol. The standard InChI is InChI=1S/C19H14ClF2NO/c1-11(13-8-4-6-12-5-2-3-7-14(12)13)23-19(24)15-9-17(21)18(22)10-16(15)20/h2-11H,1H3,(H,23,24)/t11-/m0/s1. The van der Waals surface area contributed by atoms with E-state index in [-0.39, 0.29) is 16.6 Å². The van der Waals surface area contributed by atoms with Crippen molar-refractivity contribution in [1.82, 2.24) is 5.32 Å². The van der Waals surface area contributed by atoms with Gasteiger partial charge in [-0.1, -0.05) is 54.1 Å². The molecule has 2 nitrogen and oxygen atoms in total. The summed E-state index contributed by atoms with van der Waals surface area (Å²) < 4.78 is 26.5. The number of hydrogen-bond donors (Lipinski definition) is 1. The van der Waals surface area contributed by atoms with E-state index in [4.69, 9.17) is 11.6 Å². The summed E-state index contributed by atoms with van der Waals surface area (Å²) in [6.07, 6.45) is 0. The molecule has 1 N–H and O–H groups in total. The van der Waals surface area contributed by atoms with Gasteiger partial charge in [-0.05, 0) is 35.4 Å². The minimum absolute atomic E-state index is 0.0948. The van der Waals surface area contributed by atoms with Crippen molar-refractivity contribution in [3.05, 3.63) is 82.4 Å². The molecular formula is C19H14ClF2NO. The Bertz CT molecular complexity index is 921. The molecule has 3 rings (SSSR count). The van der Waals surface area contributed by atoms with E-state index in [1.165, 1.54) is 0 Å². The number of halogens is 3. The fourth-order valence-corrected chi connectivity index (χ4v) is 2.91. The second kappa shape index (κ2) is 6.57. The molecule has 24 heavy (non-hydrogen) atoms. The Morgan fingerprint density at radius 3 is 2.50 bits per heavy atom. The summed E-state index contributed by atoms with van der Waals surface area (Å²) in [5.41, 5.74) is 0.836. The lowest BCUT2D eigenvalue weighted by atomic mass is 9.99. The van der Waals surface area contributed by atoms with Crippen molar-refractivity contribution in [1.29, 1.82) is 0 Å². The fraction of sp³-hybridized carbons (Fsp3) is 0.105. The number of hydrogen-bond acceptors (Lipinski definition) is 1. The van der Waals surface area contributed by atoms with E-state index < -0.39 is 17.5 Å². The van der Waals surface area contributed by atoms with Crippen LogP contribution in [0, 0.1) is 11.6 Å². The first-order valence-corrected chi connectivity index (χ1v) is 7.78. The van der Waals surface area contributed by atoms with Gasteiger partial charge in [-0.2, -0.15) is 0 Å². The molecule has 1 atom stereocenters. The summed E-state index contributed by atoms with van der Waals surface area (Å²) in [5, 5.41) is 4.73. The van der Waals surface area contributed by atoms with Gasteiger partial charge in [0, 0.05) is 0 Å². The number of amides is 1. The molecule has 3 aromatic rings. The van der Waals surface area contributed by atoms with Crippen LogP contribution in [0.1, 0.15) is 28.9 Å². The van der Waals surface area contributed by atoms with Gasteiger partial charge in [0.05, 0.1) is 16.6 Å². The molecule has 0 bridgehead atoms. The van der Waals surface area contributed by atoms with Gasteiger partial charge in [-0.3, -0.25) is 4.79 Å². The van der Waals surface area contributed by atoms with Crippen molar-refractivity contribution in [2.75, 3.05) is 0 Å². The summed E-state index contributed by atoms with van der Waals surface area (Å²) in [5.74, 6) is -2.75. The molecule has 0 heterocycles. The van der Waals surface area contributed by atoms with Gasteiger partial charge in [0.2, 0.25) is 0 Å². The Morgan fingerprint density at radius 1 is 1.04 bits per heavy atom. The van der Waals surface area contributed by atoms with E-state index in [9.17, 15) is 13.6 Å². The van der Waals surface area contributed by atoms with Gasteiger partial charge in [0.15, 0.2) is 11.6 Å².